The number of hydrogen-bond donors (Lipinski definition) is 0. The zero-order valence-electron chi connectivity index (χ0n) is 7.73. The fourth-order valence-corrected chi connectivity index (χ4v) is 1.51. The molecule has 16 heavy (non-hydrogen) atoms. The number of hydrogen-bond acceptors (Lipinski definition) is 3. The zero-order valence-corrected chi connectivity index (χ0v) is 9.24. The highest BCUT2D eigenvalue weighted by atomic mass is 35.5. The van der Waals surface area contributed by atoms with Gasteiger partial charge in [0.15, 0.2) is 0 Å². The third-order valence-electron chi connectivity index (χ3n) is 1.64. The van der Waals surface area contributed by atoms with Gasteiger partial charge in [-0.3, -0.25) is 0 Å². The lowest BCUT2D eigenvalue weighted by Crippen LogP contribution is -2.15. The molecule has 88 valence electrons. The van der Waals surface area contributed by atoms with Crippen LogP contribution in [-0.4, -0.2) is 18.1 Å². The van der Waals surface area contributed by atoms with Crippen LogP contribution in [0.5, 0.6) is 0 Å². The summed E-state index contributed by atoms with van der Waals surface area (Å²) in [5.74, 6) is -1.22. The smallest absolute Gasteiger partial charge is 0.417 e. The molecule has 0 bridgehead atoms. The normalized spacial score (nSPS) is 11.4. The molecule has 1 rings (SSSR count). The van der Waals surface area contributed by atoms with E-state index in [1.807, 2.05) is 0 Å². The van der Waals surface area contributed by atoms with E-state index >= 15 is 0 Å². The molecule has 0 aliphatic heterocycles. The van der Waals surface area contributed by atoms with E-state index in [0.717, 1.165) is 7.11 Å². The molecule has 0 fully saturated rings. The van der Waals surface area contributed by atoms with Gasteiger partial charge >= 0.3 is 12.1 Å². The Bertz CT molecular complexity index is 434. The Hall–Kier alpha value is -1.01. The predicted octanol–water partition coefficient (Wildman–Crippen LogP) is 3.19. The van der Waals surface area contributed by atoms with Crippen molar-refractivity contribution in [2.75, 3.05) is 7.11 Å². The minimum absolute atomic E-state index is 0.454. The van der Waals surface area contributed by atoms with Crippen molar-refractivity contribution in [3.8, 4) is 0 Å². The maximum atomic E-state index is 12.6. The molecule has 0 spiro atoms. The number of carbonyl (C=O) groups excluding carboxylic acids is 1. The Labute approximate surface area is 98.1 Å². The number of aromatic nitrogens is 1. The molecule has 0 aliphatic rings. The van der Waals surface area contributed by atoms with Crippen molar-refractivity contribution in [3.63, 3.8) is 0 Å². The van der Waals surface area contributed by atoms with E-state index in [0.29, 0.717) is 6.07 Å². The Kier molecular flexibility index (Phi) is 3.64. The van der Waals surface area contributed by atoms with Gasteiger partial charge in [-0.15, -0.1) is 0 Å². The number of rotatable bonds is 1. The average molecular weight is 274 g/mol. The molecule has 0 atom stereocenters. The maximum Gasteiger partial charge on any atom is 0.417 e. The Morgan fingerprint density at radius 1 is 1.44 bits per heavy atom. The second-order valence-corrected chi connectivity index (χ2v) is 3.39. The lowest BCUT2D eigenvalue weighted by atomic mass is 10.1. The first-order valence-electron chi connectivity index (χ1n) is 3.79. The van der Waals surface area contributed by atoms with Crippen LogP contribution in [0, 0.1) is 0 Å². The molecule has 0 unspecified atom stereocenters. The van der Waals surface area contributed by atoms with Crippen molar-refractivity contribution < 1.29 is 22.7 Å². The number of ether oxygens (including phenoxy) is 1. The van der Waals surface area contributed by atoms with E-state index in [9.17, 15) is 18.0 Å². The number of methoxy groups -OCH3 is 1. The van der Waals surface area contributed by atoms with Gasteiger partial charge in [-0.25, -0.2) is 9.78 Å². The molecule has 0 saturated carbocycles. The quantitative estimate of drug-likeness (QED) is 0.583. The first-order valence-corrected chi connectivity index (χ1v) is 4.54. The molecule has 1 heterocycles. The van der Waals surface area contributed by atoms with E-state index in [4.69, 9.17) is 23.2 Å². The van der Waals surface area contributed by atoms with Crippen LogP contribution < -0.4 is 0 Å². The second-order valence-electron chi connectivity index (χ2n) is 2.65. The first kappa shape index (κ1) is 13.1. The maximum absolute atomic E-state index is 12.6. The zero-order chi connectivity index (χ0) is 12.5. The van der Waals surface area contributed by atoms with E-state index < -0.39 is 33.6 Å². The fraction of sp³-hybridized carbons (Fsp3) is 0.250. The highest BCUT2D eigenvalue weighted by Crippen LogP contribution is 2.36. The number of pyridine rings is 1. The molecule has 0 N–H and O–H groups in total. The summed E-state index contributed by atoms with van der Waals surface area (Å²) in [5.41, 5.74) is -2.12. The molecule has 1 aromatic heterocycles. The Morgan fingerprint density at radius 3 is 2.44 bits per heavy atom. The molecule has 8 heteroatoms. The molecule has 1 aromatic rings. The number of carbonyl (C=O) groups is 1. The van der Waals surface area contributed by atoms with Gasteiger partial charge in [-0.05, 0) is 6.07 Å². The minimum atomic E-state index is -4.76. The monoisotopic (exact) mass is 273 g/mol. The predicted molar refractivity (Wildman–Crippen MR) is 50.6 cm³/mol. The summed E-state index contributed by atoms with van der Waals surface area (Å²) < 4.78 is 41.8. The summed E-state index contributed by atoms with van der Waals surface area (Å²) in [4.78, 5) is 14.5. The van der Waals surface area contributed by atoms with Crippen molar-refractivity contribution in [3.05, 3.63) is 27.5 Å². The Balaban J connectivity index is 3.51. The summed E-state index contributed by atoms with van der Waals surface area (Å²) in [6, 6.07) is 0.514. The Morgan fingerprint density at radius 2 is 2.00 bits per heavy atom. The van der Waals surface area contributed by atoms with Gasteiger partial charge in [0.2, 0.25) is 0 Å². The van der Waals surface area contributed by atoms with Crippen LogP contribution in [-0.2, 0) is 10.9 Å². The van der Waals surface area contributed by atoms with Gasteiger partial charge in [-0.1, -0.05) is 23.2 Å². The molecule has 0 amide bonds. The standard InChI is InChI=1S/C8H4Cl2F3NO2/c1-16-7(15)5-3(8(11,12)13)2-4(9)14-6(5)10/h2H,1H3. The third kappa shape index (κ3) is 2.56. The number of nitrogens with zero attached hydrogens (tertiary/aromatic N) is 1. The van der Waals surface area contributed by atoms with Crippen molar-refractivity contribution in [1.29, 1.82) is 0 Å². The topological polar surface area (TPSA) is 39.2 Å². The summed E-state index contributed by atoms with van der Waals surface area (Å²) in [6.07, 6.45) is -4.76. The van der Waals surface area contributed by atoms with Gasteiger partial charge < -0.3 is 4.74 Å². The van der Waals surface area contributed by atoms with Crippen molar-refractivity contribution in [2.45, 2.75) is 6.18 Å². The molecule has 0 aliphatic carbocycles. The number of halogens is 5. The van der Waals surface area contributed by atoms with Crippen LogP contribution in [0.25, 0.3) is 0 Å². The van der Waals surface area contributed by atoms with Crippen molar-refractivity contribution >= 4 is 29.2 Å². The summed E-state index contributed by atoms with van der Waals surface area (Å²) in [7, 11) is 0.938. The van der Waals surface area contributed by atoms with Crippen LogP contribution in [0.1, 0.15) is 15.9 Å². The summed E-state index contributed by atoms with van der Waals surface area (Å²) in [6.45, 7) is 0. The van der Waals surface area contributed by atoms with Crippen LogP contribution in [0.4, 0.5) is 13.2 Å². The van der Waals surface area contributed by atoms with Gasteiger partial charge in [0.25, 0.3) is 0 Å². The molecule has 0 saturated heterocycles. The summed E-state index contributed by atoms with van der Waals surface area (Å²) >= 11 is 10.7. The van der Waals surface area contributed by atoms with E-state index in [-0.39, 0.29) is 0 Å². The average Bonchev–Trinajstić information content (AvgIpc) is 2.14. The van der Waals surface area contributed by atoms with Gasteiger partial charge in [-0.2, -0.15) is 13.2 Å². The highest BCUT2D eigenvalue weighted by molar-refractivity contribution is 6.34. The second kappa shape index (κ2) is 4.47. The van der Waals surface area contributed by atoms with Gasteiger partial charge in [0, 0.05) is 0 Å². The van der Waals surface area contributed by atoms with E-state index in [2.05, 4.69) is 9.72 Å². The molecule has 0 radical (unpaired) electrons. The largest absolute Gasteiger partial charge is 0.465 e. The van der Waals surface area contributed by atoms with Gasteiger partial charge in [0.1, 0.15) is 15.9 Å². The molecular weight excluding hydrogens is 270 g/mol. The van der Waals surface area contributed by atoms with Crippen LogP contribution in [0.15, 0.2) is 6.07 Å². The third-order valence-corrected chi connectivity index (χ3v) is 2.11. The SMILES string of the molecule is COC(=O)c1c(C(F)(F)F)cc(Cl)nc1Cl. The van der Waals surface area contributed by atoms with Crippen LogP contribution in [0.3, 0.4) is 0 Å². The molecule has 0 aromatic carbocycles. The fourth-order valence-electron chi connectivity index (χ4n) is 1.00. The summed E-state index contributed by atoms with van der Waals surface area (Å²) in [5, 5.41) is -1.10. The molecular formula is C8H4Cl2F3NO2. The van der Waals surface area contributed by atoms with Gasteiger partial charge in [0.05, 0.1) is 12.7 Å². The van der Waals surface area contributed by atoms with Crippen molar-refractivity contribution in [2.24, 2.45) is 0 Å². The number of esters is 1. The minimum Gasteiger partial charge on any atom is -0.465 e. The highest BCUT2D eigenvalue weighted by Gasteiger charge is 2.38. The lowest BCUT2D eigenvalue weighted by Gasteiger charge is -2.12. The van der Waals surface area contributed by atoms with E-state index in [1.54, 1.807) is 0 Å². The van der Waals surface area contributed by atoms with E-state index in [1.165, 1.54) is 0 Å². The van der Waals surface area contributed by atoms with Crippen LogP contribution >= 0.6 is 23.2 Å². The number of alkyl halides is 3. The molecule has 3 nitrogen and oxygen atoms in total. The first-order chi connectivity index (χ1) is 7.27. The lowest BCUT2D eigenvalue weighted by molar-refractivity contribution is -0.138. The van der Waals surface area contributed by atoms with Crippen LogP contribution in [0.2, 0.25) is 10.3 Å². The van der Waals surface area contributed by atoms with Crippen molar-refractivity contribution in [1.82, 2.24) is 4.98 Å².